The maximum Gasteiger partial charge on any atom is 0.490 e. The number of carbonyl (C=O) groups is 1. The van der Waals surface area contributed by atoms with Crippen LogP contribution in [0.25, 0.3) is 0 Å². The van der Waals surface area contributed by atoms with Crippen molar-refractivity contribution in [3.05, 3.63) is 24.4 Å². The van der Waals surface area contributed by atoms with Crippen LogP contribution in [0.1, 0.15) is 25.7 Å². The van der Waals surface area contributed by atoms with Crippen molar-refractivity contribution in [1.82, 2.24) is 9.88 Å². The van der Waals surface area contributed by atoms with Gasteiger partial charge in [-0.25, -0.2) is 9.78 Å². The molecule has 1 saturated carbocycles. The number of likely N-dealkylation sites (tertiary alicyclic amines) is 1. The number of halogens is 3. The van der Waals surface area contributed by atoms with E-state index >= 15 is 0 Å². The Balaban J connectivity index is 0.000000260. The molecule has 1 atom stereocenters. The Kier molecular flexibility index (Phi) is 5.90. The molecule has 1 aliphatic carbocycles. The van der Waals surface area contributed by atoms with Crippen LogP contribution in [0.3, 0.4) is 0 Å². The number of carboxylic acid groups (broad SMARTS) is 1. The second-order valence-electron chi connectivity index (χ2n) is 7.35. The van der Waals surface area contributed by atoms with Gasteiger partial charge in [0.05, 0.1) is 12.2 Å². The average Bonchev–Trinajstić information content (AvgIpc) is 3.38. The molecule has 0 bridgehead atoms. The molecule has 3 fully saturated rings. The average molecular weight is 388 g/mol. The second-order valence-corrected chi connectivity index (χ2v) is 7.35. The molecule has 1 spiro atoms. The highest BCUT2D eigenvalue weighted by atomic mass is 19.4. The molecule has 0 amide bonds. The van der Waals surface area contributed by atoms with Crippen LogP contribution in [-0.4, -0.2) is 65.1 Å². The summed E-state index contributed by atoms with van der Waals surface area (Å²) in [5.74, 6) is -1.05. The molecule has 150 valence electrons. The molecule has 1 unspecified atom stereocenters. The normalized spacial score (nSPS) is 24.5. The summed E-state index contributed by atoms with van der Waals surface area (Å²) < 4.78 is 43.8. The number of nitrogens with zero attached hydrogens (tertiary/aromatic N) is 2. The van der Waals surface area contributed by atoms with E-state index < -0.39 is 12.1 Å². The lowest BCUT2D eigenvalue weighted by Gasteiger charge is -2.53. The minimum atomic E-state index is -5.08. The van der Waals surface area contributed by atoms with Crippen molar-refractivity contribution >= 4 is 5.97 Å². The third-order valence-corrected chi connectivity index (χ3v) is 4.85. The fourth-order valence-electron chi connectivity index (χ4n) is 3.45. The van der Waals surface area contributed by atoms with E-state index in [0.29, 0.717) is 0 Å². The van der Waals surface area contributed by atoms with E-state index in [4.69, 9.17) is 19.4 Å². The quantitative estimate of drug-likeness (QED) is 0.855. The number of carboxylic acids is 1. The number of hydrogen-bond donors (Lipinski definition) is 1. The first-order valence-corrected chi connectivity index (χ1v) is 9.00. The largest absolute Gasteiger partial charge is 0.490 e. The molecule has 0 aromatic carbocycles. The van der Waals surface area contributed by atoms with Gasteiger partial charge in [-0.1, -0.05) is 6.07 Å². The molecule has 1 aromatic heterocycles. The minimum absolute atomic E-state index is 0.0621. The van der Waals surface area contributed by atoms with Gasteiger partial charge in [-0.2, -0.15) is 13.2 Å². The van der Waals surface area contributed by atoms with E-state index in [0.717, 1.165) is 44.3 Å². The molecule has 0 radical (unpaired) electrons. The van der Waals surface area contributed by atoms with Crippen LogP contribution in [-0.2, 0) is 9.53 Å². The number of rotatable bonds is 4. The summed E-state index contributed by atoms with van der Waals surface area (Å²) >= 11 is 0. The van der Waals surface area contributed by atoms with Gasteiger partial charge in [0.2, 0.25) is 5.88 Å². The molecule has 4 rings (SSSR count). The molecular formula is C18H23F3N2O4. The van der Waals surface area contributed by atoms with Crippen LogP contribution in [0, 0.1) is 5.92 Å². The predicted octanol–water partition coefficient (Wildman–Crippen LogP) is 2.74. The molecule has 9 heteroatoms. The molecule has 1 N–H and O–H groups in total. The van der Waals surface area contributed by atoms with Gasteiger partial charge in [0, 0.05) is 44.7 Å². The van der Waals surface area contributed by atoms with Crippen molar-refractivity contribution in [2.75, 3.05) is 26.2 Å². The van der Waals surface area contributed by atoms with E-state index in [1.807, 2.05) is 18.2 Å². The zero-order chi connectivity index (χ0) is 19.5. The van der Waals surface area contributed by atoms with Gasteiger partial charge in [-0.15, -0.1) is 0 Å². The molecule has 1 aromatic rings. The lowest BCUT2D eigenvalue weighted by Crippen LogP contribution is -2.66. The highest BCUT2D eigenvalue weighted by Crippen LogP contribution is 2.38. The monoisotopic (exact) mass is 388 g/mol. The Morgan fingerprint density at radius 3 is 2.59 bits per heavy atom. The summed E-state index contributed by atoms with van der Waals surface area (Å²) in [7, 11) is 0. The van der Waals surface area contributed by atoms with Crippen molar-refractivity contribution in [3.63, 3.8) is 0 Å². The molecule has 3 heterocycles. The van der Waals surface area contributed by atoms with E-state index in [9.17, 15) is 13.2 Å². The van der Waals surface area contributed by atoms with Crippen molar-refractivity contribution in [2.45, 2.75) is 43.6 Å². The highest BCUT2D eigenvalue weighted by Gasteiger charge is 2.49. The number of aromatic nitrogens is 1. The fraction of sp³-hybridized carbons (Fsp3) is 0.667. The Bertz CT molecular complexity index is 631. The maximum absolute atomic E-state index is 10.6. The lowest BCUT2D eigenvalue weighted by molar-refractivity contribution is -0.192. The fourth-order valence-corrected chi connectivity index (χ4v) is 3.45. The van der Waals surface area contributed by atoms with Gasteiger partial charge in [0.15, 0.2) is 0 Å². The summed E-state index contributed by atoms with van der Waals surface area (Å²) in [6.45, 7) is 4.27. The Labute approximate surface area is 155 Å². The molecule has 3 aliphatic rings. The first kappa shape index (κ1) is 19.9. The predicted molar refractivity (Wildman–Crippen MR) is 89.4 cm³/mol. The highest BCUT2D eigenvalue weighted by molar-refractivity contribution is 5.73. The van der Waals surface area contributed by atoms with Crippen molar-refractivity contribution in [2.24, 2.45) is 5.92 Å². The molecule has 6 nitrogen and oxygen atoms in total. The van der Waals surface area contributed by atoms with Gasteiger partial charge in [0.25, 0.3) is 0 Å². The van der Waals surface area contributed by atoms with Crippen LogP contribution in [0.4, 0.5) is 13.2 Å². The van der Waals surface area contributed by atoms with Gasteiger partial charge < -0.3 is 14.6 Å². The van der Waals surface area contributed by atoms with Crippen LogP contribution < -0.4 is 4.74 Å². The third kappa shape index (κ3) is 5.80. The molecular weight excluding hydrogens is 365 g/mol. The summed E-state index contributed by atoms with van der Waals surface area (Å²) in [5, 5.41) is 7.12. The molecule has 2 aliphatic heterocycles. The zero-order valence-electron chi connectivity index (χ0n) is 14.8. The standard InChI is InChI=1S/C16H22N2O2.C2HF3O2/c1-2-7-17-15(3-1)20-14-6-8-19-16(9-14)11-18(12-16)10-13-4-5-13;3-2(4,5)1(6)7/h1-3,7,13-14H,4-6,8-12H2;(H,6,7). The summed E-state index contributed by atoms with van der Waals surface area (Å²) in [6, 6.07) is 5.82. The maximum atomic E-state index is 10.6. The first-order chi connectivity index (χ1) is 12.8. The Morgan fingerprint density at radius 1 is 1.33 bits per heavy atom. The number of ether oxygens (including phenoxy) is 2. The second kappa shape index (κ2) is 8.02. The topological polar surface area (TPSA) is 71.9 Å². The van der Waals surface area contributed by atoms with E-state index in [1.54, 1.807) is 6.20 Å². The summed E-state index contributed by atoms with van der Waals surface area (Å²) in [5.41, 5.74) is 0.0621. The van der Waals surface area contributed by atoms with E-state index in [1.165, 1.54) is 19.4 Å². The SMILES string of the molecule is O=C(O)C(F)(F)F.c1ccc(OC2CCOC3(C2)CN(CC2CC2)C3)nc1. The van der Waals surface area contributed by atoms with Crippen LogP contribution in [0.15, 0.2) is 24.4 Å². The molecule has 2 saturated heterocycles. The number of pyridine rings is 1. The Morgan fingerprint density at radius 2 is 2.04 bits per heavy atom. The van der Waals surface area contributed by atoms with Gasteiger partial charge in [-0.05, 0) is 24.8 Å². The first-order valence-electron chi connectivity index (χ1n) is 9.00. The number of aliphatic carboxylic acids is 1. The number of hydrogen-bond acceptors (Lipinski definition) is 5. The van der Waals surface area contributed by atoms with Gasteiger partial charge in [0.1, 0.15) is 6.10 Å². The smallest absolute Gasteiger partial charge is 0.475 e. The van der Waals surface area contributed by atoms with Crippen LogP contribution in [0.5, 0.6) is 5.88 Å². The van der Waals surface area contributed by atoms with Crippen LogP contribution >= 0.6 is 0 Å². The third-order valence-electron chi connectivity index (χ3n) is 4.85. The van der Waals surface area contributed by atoms with Gasteiger partial charge >= 0.3 is 12.1 Å². The molecule has 27 heavy (non-hydrogen) atoms. The van der Waals surface area contributed by atoms with E-state index in [-0.39, 0.29) is 11.7 Å². The minimum Gasteiger partial charge on any atom is -0.475 e. The number of alkyl halides is 3. The lowest BCUT2D eigenvalue weighted by atomic mass is 9.84. The summed E-state index contributed by atoms with van der Waals surface area (Å²) in [4.78, 5) is 15.7. The zero-order valence-corrected chi connectivity index (χ0v) is 14.8. The van der Waals surface area contributed by atoms with Crippen molar-refractivity contribution in [1.29, 1.82) is 0 Å². The van der Waals surface area contributed by atoms with E-state index in [2.05, 4.69) is 9.88 Å². The van der Waals surface area contributed by atoms with Crippen molar-refractivity contribution < 1.29 is 32.5 Å². The van der Waals surface area contributed by atoms with Crippen LogP contribution in [0.2, 0.25) is 0 Å². The Hall–Kier alpha value is -1.87. The summed E-state index contributed by atoms with van der Waals surface area (Å²) in [6.07, 6.45) is 1.78. The van der Waals surface area contributed by atoms with Gasteiger partial charge in [-0.3, -0.25) is 4.90 Å². The van der Waals surface area contributed by atoms with Crippen molar-refractivity contribution in [3.8, 4) is 5.88 Å².